The van der Waals surface area contributed by atoms with Crippen molar-refractivity contribution >= 4 is 0 Å². The number of hydrogen-bond acceptors (Lipinski definition) is 2. The maximum absolute atomic E-state index is 5.54. The molecule has 0 aliphatic carbocycles. The zero-order valence-electron chi connectivity index (χ0n) is 7.82. The minimum absolute atomic E-state index is 0.106. The number of ether oxygens (including phenoxy) is 2. The lowest BCUT2D eigenvalue weighted by atomic mass is 10.1. The molecule has 0 N–H and O–H groups in total. The third kappa shape index (κ3) is 2.46. The average molecular weight is 178 g/mol. The first-order chi connectivity index (χ1) is 6.29. The molecule has 1 saturated heterocycles. The molecule has 1 heterocycles. The molecular weight excluding hydrogens is 164 g/mol. The Balaban J connectivity index is 1.74. The Morgan fingerprint density at radius 3 is 2.69 bits per heavy atom. The number of hydrogen-bond donors (Lipinski definition) is 0. The molecule has 1 atom stereocenters. The molecule has 0 spiro atoms. The molecule has 1 fully saturated rings. The first-order valence-corrected chi connectivity index (χ1v) is 4.60. The lowest BCUT2D eigenvalue weighted by Gasteiger charge is -2.07. The smallest absolute Gasteiger partial charge is 0.119 e. The molecule has 1 aromatic rings. The van der Waals surface area contributed by atoms with Crippen molar-refractivity contribution in [2.75, 3.05) is 13.2 Å². The lowest BCUT2D eigenvalue weighted by molar-refractivity contribution is 0.239. The van der Waals surface area contributed by atoms with Crippen LogP contribution in [0.3, 0.4) is 0 Å². The van der Waals surface area contributed by atoms with Crippen LogP contribution in [0.5, 0.6) is 5.75 Å². The fraction of sp³-hybridized carbons (Fsp3) is 0.455. The summed E-state index contributed by atoms with van der Waals surface area (Å²) in [5, 5.41) is 0. The maximum Gasteiger partial charge on any atom is 0.119 e. The van der Waals surface area contributed by atoms with Crippen molar-refractivity contribution in [2.45, 2.75) is 18.9 Å². The Hall–Kier alpha value is -1.02. The standard InChI is InChI=1S/C11H14O2/c1-11(9-13-11)7-8-12-10-5-3-2-4-6-10/h2-6H,7-9H2,1H3. The van der Waals surface area contributed by atoms with E-state index >= 15 is 0 Å². The molecule has 1 aromatic carbocycles. The summed E-state index contributed by atoms with van der Waals surface area (Å²) in [6.07, 6.45) is 0.974. The molecular formula is C11H14O2. The topological polar surface area (TPSA) is 21.8 Å². The van der Waals surface area contributed by atoms with Crippen molar-refractivity contribution in [1.29, 1.82) is 0 Å². The highest BCUT2D eigenvalue weighted by molar-refractivity contribution is 5.20. The van der Waals surface area contributed by atoms with E-state index in [0.29, 0.717) is 0 Å². The second-order valence-electron chi connectivity index (χ2n) is 3.65. The van der Waals surface area contributed by atoms with E-state index in [2.05, 4.69) is 6.92 Å². The van der Waals surface area contributed by atoms with Crippen molar-refractivity contribution in [2.24, 2.45) is 0 Å². The summed E-state index contributed by atoms with van der Waals surface area (Å²) in [7, 11) is 0. The molecule has 2 nitrogen and oxygen atoms in total. The van der Waals surface area contributed by atoms with E-state index in [4.69, 9.17) is 9.47 Å². The SMILES string of the molecule is CC1(CCOc2ccccc2)CO1. The van der Waals surface area contributed by atoms with Gasteiger partial charge in [-0.2, -0.15) is 0 Å². The van der Waals surface area contributed by atoms with Gasteiger partial charge in [-0.05, 0) is 19.1 Å². The van der Waals surface area contributed by atoms with Crippen LogP contribution in [0.4, 0.5) is 0 Å². The predicted octanol–water partition coefficient (Wildman–Crippen LogP) is 2.24. The zero-order chi connectivity index (χ0) is 9.15. The highest BCUT2D eigenvalue weighted by Crippen LogP contribution is 2.29. The van der Waals surface area contributed by atoms with Crippen molar-refractivity contribution < 1.29 is 9.47 Å². The van der Waals surface area contributed by atoms with Gasteiger partial charge < -0.3 is 9.47 Å². The third-order valence-electron chi connectivity index (χ3n) is 2.28. The molecule has 0 amide bonds. The van der Waals surface area contributed by atoms with Crippen molar-refractivity contribution in [3.8, 4) is 5.75 Å². The normalized spacial score (nSPS) is 25.6. The molecule has 2 heteroatoms. The molecule has 13 heavy (non-hydrogen) atoms. The summed E-state index contributed by atoms with van der Waals surface area (Å²) in [4.78, 5) is 0. The van der Waals surface area contributed by atoms with Crippen molar-refractivity contribution in [3.05, 3.63) is 30.3 Å². The summed E-state index contributed by atoms with van der Waals surface area (Å²) in [5.74, 6) is 0.937. The number of epoxide rings is 1. The summed E-state index contributed by atoms with van der Waals surface area (Å²) in [6, 6.07) is 9.87. The van der Waals surface area contributed by atoms with Crippen LogP contribution in [0.1, 0.15) is 13.3 Å². The van der Waals surface area contributed by atoms with E-state index in [-0.39, 0.29) is 5.60 Å². The minimum atomic E-state index is 0.106. The lowest BCUT2D eigenvalue weighted by Crippen LogP contribution is -2.10. The van der Waals surface area contributed by atoms with E-state index in [1.54, 1.807) is 0 Å². The summed E-state index contributed by atoms with van der Waals surface area (Å²) in [5.41, 5.74) is 0.106. The van der Waals surface area contributed by atoms with Crippen LogP contribution in [0.15, 0.2) is 30.3 Å². The van der Waals surface area contributed by atoms with Gasteiger partial charge in [0, 0.05) is 6.42 Å². The highest BCUT2D eigenvalue weighted by Gasteiger charge is 2.38. The molecule has 1 aliphatic rings. The van der Waals surface area contributed by atoms with Gasteiger partial charge in [-0.3, -0.25) is 0 Å². The fourth-order valence-corrected chi connectivity index (χ4v) is 1.17. The van der Waals surface area contributed by atoms with E-state index in [9.17, 15) is 0 Å². The van der Waals surface area contributed by atoms with Crippen molar-refractivity contribution in [3.63, 3.8) is 0 Å². The van der Waals surface area contributed by atoms with Crippen LogP contribution >= 0.6 is 0 Å². The fourth-order valence-electron chi connectivity index (χ4n) is 1.17. The first-order valence-electron chi connectivity index (χ1n) is 4.60. The summed E-state index contributed by atoms with van der Waals surface area (Å²) in [6.45, 7) is 3.73. The molecule has 2 rings (SSSR count). The van der Waals surface area contributed by atoms with E-state index < -0.39 is 0 Å². The second kappa shape index (κ2) is 3.38. The van der Waals surface area contributed by atoms with Gasteiger partial charge >= 0.3 is 0 Å². The van der Waals surface area contributed by atoms with Crippen LogP contribution in [-0.2, 0) is 4.74 Å². The minimum Gasteiger partial charge on any atom is -0.493 e. The van der Waals surface area contributed by atoms with Gasteiger partial charge in [-0.15, -0.1) is 0 Å². The number of benzene rings is 1. The van der Waals surface area contributed by atoms with Crippen LogP contribution < -0.4 is 4.74 Å². The van der Waals surface area contributed by atoms with Gasteiger partial charge in [0.25, 0.3) is 0 Å². The van der Waals surface area contributed by atoms with Crippen molar-refractivity contribution in [1.82, 2.24) is 0 Å². The molecule has 1 aliphatic heterocycles. The van der Waals surface area contributed by atoms with Gasteiger partial charge in [0.15, 0.2) is 0 Å². The molecule has 0 bridgehead atoms. The zero-order valence-corrected chi connectivity index (χ0v) is 7.82. The van der Waals surface area contributed by atoms with Gasteiger partial charge in [0.05, 0.1) is 18.8 Å². The predicted molar refractivity (Wildman–Crippen MR) is 50.9 cm³/mol. The quantitative estimate of drug-likeness (QED) is 0.659. The van der Waals surface area contributed by atoms with Gasteiger partial charge in [0.1, 0.15) is 5.75 Å². The number of rotatable bonds is 4. The number of para-hydroxylation sites is 1. The van der Waals surface area contributed by atoms with Gasteiger partial charge in [-0.25, -0.2) is 0 Å². The first kappa shape index (κ1) is 8.57. The van der Waals surface area contributed by atoms with E-state index in [1.807, 2.05) is 30.3 Å². The average Bonchev–Trinajstić information content (AvgIpc) is 2.86. The van der Waals surface area contributed by atoms with Crippen LogP contribution in [0, 0.1) is 0 Å². The monoisotopic (exact) mass is 178 g/mol. The van der Waals surface area contributed by atoms with Gasteiger partial charge in [0.2, 0.25) is 0 Å². The van der Waals surface area contributed by atoms with Crippen LogP contribution in [-0.4, -0.2) is 18.8 Å². The molecule has 70 valence electrons. The molecule has 0 radical (unpaired) electrons. The largest absolute Gasteiger partial charge is 0.493 e. The van der Waals surface area contributed by atoms with Gasteiger partial charge in [-0.1, -0.05) is 18.2 Å². The molecule has 0 aromatic heterocycles. The summed E-state index contributed by atoms with van der Waals surface area (Å²) < 4.78 is 10.8. The second-order valence-corrected chi connectivity index (χ2v) is 3.65. The van der Waals surface area contributed by atoms with Crippen LogP contribution in [0.25, 0.3) is 0 Å². The third-order valence-corrected chi connectivity index (χ3v) is 2.28. The van der Waals surface area contributed by atoms with Crippen LogP contribution in [0.2, 0.25) is 0 Å². The molecule has 1 unspecified atom stereocenters. The summed E-state index contributed by atoms with van der Waals surface area (Å²) >= 11 is 0. The van der Waals surface area contributed by atoms with E-state index in [1.165, 1.54) is 0 Å². The Labute approximate surface area is 78.5 Å². The Morgan fingerprint density at radius 1 is 1.38 bits per heavy atom. The Kier molecular flexibility index (Phi) is 2.23. The molecule has 0 saturated carbocycles. The Morgan fingerprint density at radius 2 is 2.08 bits per heavy atom. The van der Waals surface area contributed by atoms with E-state index in [0.717, 1.165) is 25.4 Å². The Bertz CT molecular complexity index is 265. The maximum atomic E-state index is 5.54. The highest BCUT2D eigenvalue weighted by atomic mass is 16.6.